The quantitative estimate of drug-likeness (QED) is 0.779. The maximum atomic E-state index is 9.46. The highest BCUT2D eigenvalue weighted by Crippen LogP contribution is 2.21. The number of hydrogen-bond donors (Lipinski definition) is 2. The molecular weight excluding hydrogens is 290 g/mol. The van der Waals surface area contributed by atoms with Crippen molar-refractivity contribution in [3.63, 3.8) is 0 Å². The highest BCUT2D eigenvalue weighted by atomic mass is 79.9. The van der Waals surface area contributed by atoms with Gasteiger partial charge in [0.05, 0.1) is 0 Å². The first-order valence-electron chi connectivity index (χ1n) is 6.69. The molecule has 0 aliphatic rings. The molecule has 1 atom stereocenters. The third kappa shape index (κ3) is 5.87. The van der Waals surface area contributed by atoms with Crippen LogP contribution >= 0.6 is 15.9 Å². The molecule has 1 aromatic carbocycles. The van der Waals surface area contributed by atoms with Crippen molar-refractivity contribution >= 4 is 15.9 Å². The number of rotatable bonds is 7. The van der Waals surface area contributed by atoms with E-state index in [2.05, 4.69) is 42.0 Å². The number of nitrogens with one attached hydrogen (secondary N) is 1. The Morgan fingerprint density at radius 2 is 1.94 bits per heavy atom. The Bertz CT molecular complexity index is 366. The molecule has 0 fully saturated rings. The first-order chi connectivity index (χ1) is 8.49. The van der Waals surface area contributed by atoms with Crippen LogP contribution in [0, 0.1) is 5.92 Å². The van der Waals surface area contributed by atoms with E-state index in [0.717, 1.165) is 22.5 Å². The molecule has 0 aromatic heterocycles. The molecule has 1 rings (SSSR count). The molecule has 0 aliphatic heterocycles. The van der Waals surface area contributed by atoms with Crippen molar-refractivity contribution < 1.29 is 5.11 Å². The Morgan fingerprint density at radius 3 is 2.61 bits per heavy atom. The van der Waals surface area contributed by atoms with Gasteiger partial charge in [-0.2, -0.15) is 0 Å². The molecule has 102 valence electrons. The number of hydrogen-bond acceptors (Lipinski definition) is 2. The smallest absolute Gasteiger partial charge is 0.115 e. The Labute approximate surface area is 119 Å². The van der Waals surface area contributed by atoms with Gasteiger partial charge in [-0.1, -0.05) is 42.6 Å². The van der Waals surface area contributed by atoms with Gasteiger partial charge in [-0.05, 0) is 43.0 Å². The summed E-state index contributed by atoms with van der Waals surface area (Å²) in [4.78, 5) is 0. The van der Waals surface area contributed by atoms with Crippen LogP contribution in [0.4, 0.5) is 0 Å². The summed E-state index contributed by atoms with van der Waals surface area (Å²) in [5, 5.41) is 13.0. The zero-order chi connectivity index (χ0) is 13.5. The maximum Gasteiger partial charge on any atom is 0.115 e. The van der Waals surface area contributed by atoms with Crippen LogP contribution in [0.25, 0.3) is 0 Å². The summed E-state index contributed by atoms with van der Waals surface area (Å²) in [5.41, 5.74) is 1.10. The van der Waals surface area contributed by atoms with E-state index in [9.17, 15) is 5.11 Å². The third-order valence-electron chi connectivity index (χ3n) is 3.09. The second-order valence-corrected chi connectivity index (χ2v) is 6.24. The summed E-state index contributed by atoms with van der Waals surface area (Å²) in [6.07, 6.45) is 3.77. The van der Waals surface area contributed by atoms with Crippen LogP contribution in [0.3, 0.4) is 0 Å². The fourth-order valence-electron chi connectivity index (χ4n) is 1.92. The molecule has 1 unspecified atom stereocenters. The molecule has 2 N–H and O–H groups in total. The molecule has 1 aromatic rings. The van der Waals surface area contributed by atoms with Crippen molar-refractivity contribution in [2.75, 3.05) is 0 Å². The molecule has 0 saturated heterocycles. The van der Waals surface area contributed by atoms with Crippen molar-refractivity contribution in [2.45, 2.75) is 52.6 Å². The average Bonchev–Trinajstić information content (AvgIpc) is 2.30. The van der Waals surface area contributed by atoms with Crippen molar-refractivity contribution in [1.29, 1.82) is 0 Å². The van der Waals surface area contributed by atoms with Crippen molar-refractivity contribution in [1.82, 2.24) is 5.32 Å². The summed E-state index contributed by atoms with van der Waals surface area (Å²) >= 11 is 3.50. The summed E-state index contributed by atoms with van der Waals surface area (Å²) in [5.74, 6) is 1.11. The molecule has 2 nitrogen and oxygen atoms in total. The molecule has 18 heavy (non-hydrogen) atoms. The normalized spacial score (nSPS) is 12.9. The van der Waals surface area contributed by atoms with E-state index < -0.39 is 0 Å². The fraction of sp³-hybridized carbons (Fsp3) is 0.600. The molecule has 0 heterocycles. The Morgan fingerprint density at radius 1 is 1.22 bits per heavy atom. The average molecular weight is 314 g/mol. The van der Waals surface area contributed by atoms with E-state index in [1.807, 2.05) is 6.07 Å². The van der Waals surface area contributed by atoms with Gasteiger partial charge >= 0.3 is 0 Å². The Balaban J connectivity index is 2.33. The standard InChI is InChI=1S/C15H24BrNO/c1-11(2)5-4-6-12(3)17-10-13-9-14(18)7-8-15(13)16/h7-9,11-12,17-18H,4-6,10H2,1-3H3. The molecule has 3 heteroatoms. The highest BCUT2D eigenvalue weighted by Gasteiger charge is 2.05. The molecule has 0 bridgehead atoms. The minimum Gasteiger partial charge on any atom is -0.508 e. The van der Waals surface area contributed by atoms with Crippen LogP contribution in [-0.2, 0) is 6.54 Å². The van der Waals surface area contributed by atoms with Gasteiger partial charge in [0.25, 0.3) is 0 Å². The molecule has 0 spiro atoms. The van der Waals surface area contributed by atoms with E-state index in [1.165, 1.54) is 19.3 Å². The van der Waals surface area contributed by atoms with E-state index in [-0.39, 0.29) is 0 Å². The molecule has 0 saturated carbocycles. The van der Waals surface area contributed by atoms with Crippen LogP contribution in [0.15, 0.2) is 22.7 Å². The van der Waals surface area contributed by atoms with Crippen LogP contribution in [0.5, 0.6) is 5.75 Å². The van der Waals surface area contributed by atoms with Crippen molar-refractivity contribution in [3.05, 3.63) is 28.2 Å². The topological polar surface area (TPSA) is 32.3 Å². The van der Waals surface area contributed by atoms with E-state index in [4.69, 9.17) is 0 Å². The van der Waals surface area contributed by atoms with Crippen molar-refractivity contribution in [2.24, 2.45) is 5.92 Å². The largest absolute Gasteiger partial charge is 0.508 e. The number of aromatic hydroxyl groups is 1. The minimum absolute atomic E-state index is 0.322. The fourth-order valence-corrected chi connectivity index (χ4v) is 2.30. The lowest BCUT2D eigenvalue weighted by molar-refractivity contribution is 0.454. The minimum atomic E-state index is 0.322. The van der Waals surface area contributed by atoms with Crippen molar-refractivity contribution in [3.8, 4) is 5.75 Å². The number of benzene rings is 1. The van der Waals surface area contributed by atoms with Gasteiger partial charge in [0, 0.05) is 17.1 Å². The predicted molar refractivity (Wildman–Crippen MR) is 80.8 cm³/mol. The first-order valence-corrected chi connectivity index (χ1v) is 7.49. The monoisotopic (exact) mass is 313 g/mol. The molecule has 0 radical (unpaired) electrons. The second-order valence-electron chi connectivity index (χ2n) is 5.38. The maximum absolute atomic E-state index is 9.46. The van der Waals surface area contributed by atoms with E-state index in [0.29, 0.717) is 11.8 Å². The van der Waals surface area contributed by atoms with Crippen LogP contribution in [0.2, 0.25) is 0 Å². The van der Waals surface area contributed by atoms with Gasteiger partial charge in [0.15, 0.2) is 0 Å². The van der Waals surface area contributed by atoms with Gasteiger partial charge < -0.3 is 10.4 Å². The van der Waals surface area contributed by atoms with Gasteiger partial charge in [-0.15, -0.1) is 0 Å². The molecular formula is C15H24BrNO. The van der Waals surface area contributed by atoms with Gasteiger partial charge in [-0.3, -0.25) is 0 Å². The number of halogens is 1. The molecule has 0 amide bonds. The van der Waals surface area contributed by atoms with E-state index >= 15 is 0 Å². The number of phenols is 1. The Hall–Kier alpha value is -0.540. The number of phenolic OH excluding ortho intramolecular Hbond substituents is 1. The van der Waals surface area contributed by atoms with Gasteiger partial charge in [-0.25, -0.2) is 0 Å². The Kier molecular flexibility index (Phi) is 6.72. The zero-order valence-electron chi connectivity index (χ0n) is 11.5. The zero-order valence-corrected chi connectivity index (χ0v) is 13.1. The summed E-state index contributed by atoms with van der Waals surface area (Å²) in [6, 6.07) is 5.89. The highest BCUT2D eigenvalue weighted by molar-refractivity contribution is 9.10. The SMILES string of the molecule is CC(C)CCCC(C)NCc1cc(O)ccc1Br. The lowest BCUT2D eigenvalue weighted by Gasteiger charge is -2.15. The summed E-state index contributed by atoms with van der Waals surface area (Å²) in [6.45, 7) is 7.54. The molecule has 0 aliphatic carbocycles. The van der Waals surface area contributed by atoms with E-state index in [1.54, 1.807) is 12.1 Å². The predicted octanol–water partition coefficient (Wildman–Crippen LogP) is 4.46. The summed E-state index contributed by atoms with van der Waals surface area (Å²) < 4.78 is 1.04. The third-order valence-corrected chi connectivity index (χ3v) is 3.86. The van der Waals surface area contributed by atoms with Crippen LogP contribution in [-0.4, -0.2) is 11.1 Å². The lowest BCUT2D eigenvalue weighted by Crippen LogP contribution is -2.25. The second kappa shape index (κ2) is 7.80. The van der Waals surface area contributed by atoms with Crippen LogP contribution < -0.4 is 5.32 Å². The lowest BCUT2D eigenvalue weighted by atomic mass is 10.0. The van der Waals surface area contributed by atoms with Crippen LogP contribution in [0.1, 0.15) is 45.6 Å². The van der Waals surface area contributed by atoms with Gasteiger partial charge in [0.1, 0.15) is 5.75 Å². The summed E-state index contributed by atoms with van der Waals surface area (Å²) in [7, 11) is 0. The first kappa shape index (κ1) is 15.5. The van der Waals surface area contributed by atoms with Gasteiger partial charge in [0.2, 0.25) is 0 Å².